The Hall–Kier alpha value is -0.870. The Morgan fingerprint density at radius 1 is 1.57 bits per heavy atom. The van der Waals surface area contributed by atoms with Gasteiger partial charge in [-0.15, -0.1) is 0 Å². The van der Waals surface area contributed by atoms with Crippen LogP contribution in [0.15, 0.2) is 12.5 Å². The van der Waals surface area contributed by atoms with Crippen LogP contribution in [0.5, 0.6) is 0 Å². The molecule has 0 atom stereocenters. The van der Waals surface area contributed by atoms with Gasteiger partial charge in [0.1, 0.15) is 17.2 Å². The van der Waals surface area contributed by atoms with E-state index in [1.54, 1.807) is 6.20 Å². The Morgan fingerprint density at radius 3 is 2.86 bits per heavy atom. The molecule has 0 aliphatic heterocycles. The first-order valence-corrected chi connectivity index (χ1v) is 5.07. The van der Waals surface area contributed by atoms with Crippen molar-refractivity contribution in [2.24, 2.45) is 5.73 Å². The molecular weight excluding hydrogens is 200 g/mol. The second-order valence-corrected chi connectivity index (χ2v) is 4.09. The van der Waals surface area contributed by atoms with Crippen LogP contribution >= 0.6 is 11.6 Å². The highest BCUT2D eigenvalue weighted by Gasteiger charge is 2.36. The molecule has 0 unspecified atom stereocenters. The largest absolute Gasteiger partial charge is 0.362 e. The Morgan fingerprint density at radius 2 is 2.36 bits per heavy atom. The summed E-state index contributed by atoms with van der Waals surface area (Å²) in [6, 6.07) is 0. The lowest BCUT2D eigenvalue weighted by Gasteiger charge is -2.42. The van der Waals surface area contributed by atoms with Crippen LogP contribution in [0.3, 0.4) is 0 Å². The molecule has 1 aliphatic carbocycles. The van der Waals surface area contributed by atoms with Crippen molar-refractivity contribution in [3.8, 4) is 0 Å². The van der Waals surface area contributed by atoms with Gasteiger partial charge in [-0.05, 0) is 19.3 Å². The highest BCUT2D eigenvalue weighted by atomic mass is 35.5. The van der Waals surface area contributed by atoms with Gasteiger partial charge in [0.25, 0.3) is 0 Å². The number of hydrogen-bond acceptors (Lipinski definition) is 4. The first kappa shape index (κ1) is 9.68. The fourth-order valence-electron chi connectivity index (χ4n) is 1.64. The molecule has 2 rings (SSSR count). The third-order valence-corrected chi connectivity index (χ3v) is 3.03. The molecule has 0 aromatic carbocycles. The molecule has 0 saturated heterocycles. The fourth-order valence-corrected chi connectivity index (χ4v) is 1.79. The lowest BCUT2D eigenvalue weighted by molar-refractivity contribution is 0.286. The minimum Gasteiger partial charge on any atom is -0.362 e. The first-order chi connectivity index (χ1) is 6.76. The number of nitrogens with two attached hydrogens (primary N) is 1. The maximum absolute atomic E-state index is 5.94. The van der Waals surface area contributed by atoms with E-state index in [0.717, 1.165) is 12.8 Å². The molecule has 1 fully saturated rings. The van der Waals surface area contributed by atoms with Gasteiger partial charge in [0, 0.05) is 6.54 Å². The predicted molar refractivity (Wildman–Crippen MR) is 56.3 cm³/mol. The zero-order valence-corrected chi connectivity index (χ0v) is 8.59. The van der Waals surface area contributed by atoms with E-state index in [-0.39, 0.29) is 5.54 Å². The maximum atomic E-state index is 5.94. The molecule has 14 heavy (non-hydrogen) atoms. The van der Waals surface area contributed by atoms with Crippen molar-refractivity contribution in [2.45, 2.75) is 24.8 Å². The molecule has 4 nitrogen and oxygen atoms in total. The summed E-state index contributed by atoms with van der Waals surface area (Å²) in [6.07, 6.45) is 6.46. The second-order valence-electron chi connectivity index (χ2n) is 3.68. The van der Waals surface area contributed by atoms with Crippen LogP contribution in [0.4, 0.5) is 5.82 Å². The minimum atomic E-state index is 0.0119. The summed E-state index contributed by atoms with van der Waals surface area (Å²) in [7, 11) is 0. The van der Waals surface area contributed by atoms with E-state index < -0.39 is 0 Å². The normalized spacial score (nSPS) is 18.7. The molecule has 5 heteroatoms. The molecule has 1 saturated carbocycles. The summed E-state index contributed by atoms with van der Waals surface area (Å²) in [5.41, 5.74) is 5.73. The molecule has 1 aromatic heterocycles. The number of aromatic nitrogens is 2. The molecule has 0 amide bonds. The van der Waals surface area contributed by atoms with E-state index in [1.165, 1.54) is 12.7 Å². The van der Waals surface area contributed by atoms with Crippen molar-refractivity contribution in [1.82, 2.24) is 9.97 Å². The zero-order valence-electron chi connectivity index (χ0n) is 7.83. The second kappa shape index (κ2) is 3.71. The molecular formula is C9H13ClN4. The van der Waals surface area contributed by atoms with Gasteiger partial charge in [0.15, 0.2) is 0 Å². The van der Waals surface area contributed by atoms with Crippen molar-refractivity contribution in [3.05, 3.63) is 17.5 Å². The number of nitrogens with zero attached hydrogens (tertiary/aromatic N) is 2. The summed E-state index contributed by atoms with van der Waals surface area (Å²) in [4.78, 5) is 7.91. The Balaban J connectivity index is 2.13. The Labute approximate surface area is 87.9 Å². The number of rotatable bonds is 3. The van der Waals surface area contributed by atoms with E-state index in [4.69, 9.17) is 17.3 Å². The predicted octanol–water partition coefficient (Wildman–Crippen LogP) is 1.42. The molecule has 76 valence electrons. The third kappa shape index (κ3) is 1.67. The van der Waals surface area contributed by atoms with E-state index in [0.29, 0.717) is 17.4 Å². The van der Waals surface area contributed by atoms with Gasteiger partial charge in [-0.25, -0.2) is 9.97 Å². The van der Waals surface area contributed by atoms with Crippen LogP contribution in [0.25, 0.3) is 0 Å². The van der Waals surface area contributed by atoms with Crippen molar-refractivity contribution >= 4 is 17.4 Å². The van der Waals surface area contributed by atoms with Crippen molar-refractivity contribution < 1.29 is 0 Å². The topological polar surface area (TPSA) is 63.8 Å². The average Bonchev–Trinajstić information content (AvgIpc) is 2.14. The van der Waals surface area contributed by atoms with Gasteiger partial charge in [0.05, 0.1) is 11.7 Å². The lowest BCUT2D eigenvalue weighted by Crippen LogP contribution is -2.51. The SMILES string of the molecule is NCC1(Nc2ncncc2Cl)CCC1. The quantitative estimate of drug-likeness (QED) is 0.796. The Bertz CT molecular complexity index is 319. The Kier molecular flexibility index (Phi) is 2.56. The summed E-state index contributed by atoms with van der Waals surface area (Å²) in [5, 5.41) is 3.85. The van der Waals surface area contributed by atoms with E-state index in [9.17, 15) is 0 Å². The zero-order chi connectivity index (χ0) is 10.0. The summed E-state index contributed by atoms with van der Waals surface area (Å²) in [6.45, 7) is 0.618. The number of anilines is 1. The van der Waals surface area contributed by atoms with Gasteiger partial charge in [-0.2, -0.15) is 0 Å². The number of nitrogens with one attached hydrogen (secondary N) is 1. The van der Waals surface area contributed by atoms with E-state index in [1.807, 2.05) is 0 Å². The molecule has 0 radical (unpaired) electrons. The smallest absolute Gasteiger partial charge is 0.148 e. The van der Waals surface area contributed by atoms with Crippen LogP contribution in [0, 0.1) is 0 Å². The minimum absolute atomic E-state index is 0.0119. The lowest BCUT2D eigenvalue weighted by atomic mass is 9.77. The number of halogens is 1. The van der Waals surface area contributed by atoms with Gasteiger partial charge < -0.3 is 11.1 Å². The highest BCUT2D eigenvalue weighted by molar-refractivity contribution is 6.32. The van der Waals surface area contributed by atoms with Gasteiger partial charge in [0.2, 0.25) is 0 Å². The van der Waals surface area contributed by atoms with Gasteiger partial charge in [-0.1, -0.05) is 11.6 Å². The summed E-state index contributed by atoms with van der Waals surface area (Å²) in [5.74, 6) is 0.687. The van der Waals surface area contributed by atoms with Crippen LogP contribution < -0.4 is 11.1 Å². The molecule has 0 spiro atoms. The molecule has 3 N–H and O–H groups in total. The summed E-state index contributed by atoms with van der Waals surface area (Å²) < 4.78 is 0. The van der Waals surface area contributed by atoms with Crippen molar-refractivity contribution in [3.63, 3.8) is 0 Å². The average molecular weight is 213 g/mol. The van der Waals surface area contributed by atoms with Gasteiger partial charge >= 0.3 is 0 Å². The highest BCUT2D eigenvalue weighted by Crippen LogP contribution is 2.35. The van der Waals surface area contributed by atoms with Crippen LogP contribution in [-0.2, 0) is 0 Å². The molecule has 0 bridgehead atoms. The van der Waals surface area contributed by atoms with Crippen molar-refractivity contribution in [1.29, 1.82) is 0 Å². The van der Waals surface area contributed by atoms with Crippen LogP contribution in [0.2, 0.25) is 5.02 Å². The van der Waals surface area contributed by atoms with E-state index in [2.05, 4.69) is 15.3 Å². The molecule has 1 aromatic rings. The van der Waals surface area contributed by atoms with E-state index >= 15 is 0 Å². The van der Waals surface area contributed by atoms with Gasteiger partial charge in [-0.3, -0.25) is 0 Å². The first-order valence-electron chi connectivity index (χ1n) is 4.69. The molecule has 1 aliphatic rings. The number of hydrogen-bond donors (Lipinski definition) is 2. The third-order valence-electron chi connectivity index (χ3n) is 2.75. The standard InChI is InChI=1S/C9H13ClN4/c10-7-4-12-6-13-8(7)14-9(5-11)2-1-3-9/h4,6H,1-3,5,11H2,(H,12,13,14). The van der Waals surface area contributed by atoms with Crippen LogP contribution in [-0.4, -0.2) is 22.1 Å². The van der Waals surface area contributed by atoms with Crippen molar-refractivity contribution in [2.75, 3.05) is 11.9 Å². The fraction of sp³-hybridized carbons (Fsp3) is 0.556. The molecule has 1 heterocycles. The van der Waals surface area contributed by atoms with Crippen LogP contribution in [0.1, 0.15) is 19.3 Å². The summed E-state index contributed by atoms with van der Waals surface area (Å²) >= 11 is 5.94. The maximum Gasteiger partial charge on any atom is 0.148 e. The monoisotopic (exact) mass is 212 g/mol.